The molecule has 4 aromatic rings. The van der Waals surface area contributed by atoms with Gasteiger partial charge in [0.2, 0.25) is 0 Å². The summed E-state index contributed by atoms with van der Waals surface area (Å²) in [6, 6.07) is 4.22. The zero-order valence-corrected chi connectivity index (χ0v) is 19.5. The summed E-state index contributed by atoms with van der Waals surface area (Å²) >= 11 is 6.81. The van der Waals surface area contributed by atoms with Crippen LogP contribution in [-0.2, 0) is 0 Å². The summed E-state index contributed by atoms with van der Waals surface area (Å²) in [5.74, 6) is 0.967. The van der Waals surface area contributed by atoms with Crippen LogP contribution in [-0.4, -0.2) is 16.6 Å². The van der Waals surface area contributed by atoms with Crippen LogP contribution in [0.2, 0.25) is 0 Å². The molecule has 0 amide bonds. The molecule has 0 aromatic carbocycles. The summed E-state index contributed by atoms with van der Waals surface area (Å²) in [7, 11) is 0. The van der Waals surface area contributed by atoms with Crippen molar-refractivity contribution in [2.45, 2.75) is 52.4 Å². The van der Waals surface area contributed by atoms with Gasteiger partial charge in [0, 0.05) is 0 Å². The van der Waals surface area contributed by atoms with Crippen molar-refractivity contribution in [1.82, 2.24) is 9.97 Å². The molecule has 0 aliphatic rings. The van der Waals surface area contributed by atoms with Crippen molar-refractivity contribution in [3.05, 3.63) is 28.5 Å². The van der Waals surface area contributed by atoms with E-state index < -0.39 is 0 Å². The summed E-state index contributed by atoms with van der Waals surface area (Å²) in [5, 5.41) is 6.32. The van der Waals surface area contributed by atoms with Gasteiger partial charge in [0.15, 0.2) is 9.66 Å². The standard InChI is InChI=1S/C21H24N2OS4/c1-3-4-5-6-7-8-11-24-15-10-13-26-17(15)19-23-21-20(28-19)22-18(27-21)16-14(2)9-12-25-16/h9-10,12-13H,3-8,11H2,1-2H3. The molecule has 0 radical (unpaired) electrons. The van der Waals surface area contributed by atoms with E-state index in [1.54, 1.807) is 45.3 Å². The van der Waals surface area contributed by atoms with Crippen LogP contribution in [0.3, 0.4) is 0 Å². The Kier molecular flexibility index (Phi) is 6.77. The molecule has 0 bridgehead atoms. The lowest BCUT2D eigenvalue weighted by atomic mass is 10.1. The van der Waals surface area contributed by atoms with Gasteiger partial charge >= 0.3 is 0 Å². The van der Waals surface area contributed by atoms with Gasteiger partial charge in [-0.2, -0.15) is 0 Å². The van der Waals surface area contributed by atoms with E-state index in [2.05, 4.69) is 36.7 Å². The summed E-state index contributed by atoms with van der Waals surface area (Å²) in [5.41, 5.74) is 1.29. The quantitative estimate of drug-likeness (QED) is 0.229. The lowest BCUT2D eigenvalue weighted by Gasteiger charge is -2.06. The van der Waals surface area contributed by atoms with Crippen molar-refractivity contribution >= 4 is 55.0 Å². The highest BCUT2D eigenvalue weighted by molar-refractivity contribution is 7.31. The van der Waals surface area contributed by atoms with Gasteiger partial charge in [0.1, 0.15) is 20.6 Å². The van der Waals surface area contributed by atoms with Crippen LogP contribution in [0.1, 0.15) is 51.0 Å². The van der Waals surface area contributed by atoms with E-state index in [-0.39, 0.29) is 0 Å². The molecule has 4 rings (SSSR count). The van der Waals surface area contributed by atoms with Gasteiger partial charge in [0.05, 0.1) is 11.5 Å². The zero-order chi connectivity index (χ0) is 19.3. The zero-order valence-electron chi connectivity index (χ0n) is 16.2. The number of hydrogen-bond donors (Lipinski definition) is 0. The molecule has 148 valence electrons. The van der Waals surface area contributed by atoms with Gasteiger partial charge in [-0.15, -0.1) is 22.7 Å². The molecule has 0 unspecified atom stereocenters. The fourth-order valence-corrected chi connectivity index (χ4v) is 7.12. The van der Waals surface area contributed by atoms with E-state index in [1.807, 2.05) is 0 Å². The van der Waals surface area contributed by atoms with Crippen LogP contribution in [0.15, 0.2) is 22.9 Å². The molecule has 0 atom stereocenters. The minimum absolute atomic E-state index is 0.787. The highest BCUT2D eigenvalue weighted by atomic mass is 32.1. The third kappa shape index (κ3) is 4.48. The predicted molar refractivity (Wildman–Crippen MR) is 126 cm³/mol. The van der Waals surface area contributed by atoms with E-state index >= 15 is 0 Å². The second-order valence-corrected chi connectivity index (χ2v) is 10.6. The van der Waals surface area contributed by atoms with E-state index in [4.69, 9.17) is 14.7 Å². The first-order valence-corrected chi connectivity index (χ1v) is 13.2. The highest BCUT2D eigenvalue weighted by Gasteiger charge is 2.18. The number of aromatic nitrogens is 2. The Labute approximate surface area is 182 Å². The maximum absolute atomic E-state index is 6.07. The summed E-state index contributed by atoms with van der Waals surface area (Å²) in [6.07, 6.45) is 7.67. The molecule has 0 aliphatic carbocycles. The highest BCUT2D eigenvalue weighted by Crippen LogP contribution is 2.43. The van der Waals surface area contributed by atoms with E-state index in [0.29, 0.717) is 0 Å². The second kappa shape index (κ2) is 9.48. The molecule has 0 N–H and O–H groups in total. The fourth-order valence-electron chi connectivity index (χ4n) is 3.06. The third-order valence-corrected chi connectivity index (χ3v) is 8.86. The Morgan fingerprint density at radius 1 is 0.821 bits per heavy atom. The molecule has 0 fully saturated rings. The Morgan fingerprint density at radius 2 is 1.46 bits per heavy atom. The molecule has 3 nitrogen and oxygen atoms in total. The number of nitrogens with zero attached hydrogens (tertiary/aromatic N) is 2. The molecule has 4 aromatic heterocycles. The first kappa shape index (κ1) is 20.0. The molecule has 28 heavy (non-hydrogen) atoms. The SMILES string of the molecule is CCCCCCCCOc1ccsc1-c1nc2sc(-c3sccc3C)nc2s1. The summed E-state index contributed by atoms with van der Waals surface area (Å²) in [4.78, 5) is 14.1. The minimum atomic E-state index is 0.787. The van der Waals surface area contributed by atoms with Gasteiger partial charge in [-0.05, 0) is 41.8 Å². The average molecular weight is 449 g/mol. The van der Waals surface area contributed by atoms with Crippen LogP contribution in [0.4, 0.5) is 0 Å². The lowest BCUT2D eigenvalue weighted by Crippen LogP contribution is -1.97. The molecular weight excluding hydrogens is 425 g/mol. The van der Waals surface area contributed by atoms with Gasteiger partial charge < -0.3 is 4.74 Å². The van der Waals surface area contributed by atoms with Crippen molar-refractivity contribution < 1.29 is 4.74 Å². The van der Waals surface area contributed by atoms with Crippen LogP contribution in [0, 0.1) is 6.92 Å². The maximum atomic E-state index is 6.07. The predicted octanol–water partition coefficient (Wildman–Crippen LogP) is 8.26. The van der Waals surface area contributed by atoms with Crippen molar-refractivity contribution in [1.29, 1.82) is 0 Å². The van der Waals surface area contributed by atoms with E-state index in [9.17, 15) is 0 Å². The summed E-state index contributed by atoms with van der Waals surface area (Å²) in [6.45, 7) is 5.18. The molecule has 0 saturated carbocycles. The van der Waals surface area contributed by atoms with Crippen LogP contribution >= 0.6 is 45.3 Å². The van der Waals surface area contributed by atoms with Crippen molar-refractivity contribution in [2.24, 2.45) is 0 Å². The fraction of sp³-hybridized carbons (Fsp3) is 0.429. The van der Waals surface area contributed by atoms with E-state index in [0.717, 1.165) is 43.3 Å². The number of rotatable bonds is 10. The minimum Gasteiger partial charge on any atom is -0.492 e. The number of thiophene rings is 2. The van der Waals surface area contributed by atoms with Crippen LogP contribution in [0.25, 0.3) is 29.4 Å². The van der Waals surface area contributed by atoms with Gasteiger partial charge in [-0.25, -0.2) is 9.97 Å². The van der Waals surface area contributed by atoms with Crippen molar-refractivity contribution in [3.63, 3.8) is 0 Å². The smallest absolute Gasteiger partial charge is 0.155 e. The molecule has 0 saturated heterocycles. The van der Waals surface area contributed by atoms with Crippen molar-refractivity contribution in [2.75, 3.05) is 6.61 Å². The Bertz CT molecular complexity index is 995. The van der Waals surface area contributed by atoms with Crippen LogP contribution in [0.5, 0.6) is 5.75 Å². The summed E-state index contributed by atoms with van der Waals surface area (Å²) < 4.78 is 6.07. The monoisotopic (exact) mass is 448 g/mol. The molecule has 7 heteroatoms. The number of aryl methyl sites for hydroxylation is 1. The number of fused-ring (bicyclic) bond motifs is 1. The van der Waals surface area contributed by atoms with E-state index in [1.165, 1.54) is 42.5 Å². The Balaban J connectivity index is 1.41. The number of unbranched alkanes of at least 4 members (excludes halogenated alkanes) is 5. The average Bonchev–Trinajstić information content (AvgIpc) is 3.43. The van der Waals surface area contributed by atoms with Crippen LogP contribution < -0.4 is 4.74 Å². The number of thiazole rings is 2. The Morgan fingerprint density at radius 3 is 2.18 bits per heavy atom. The third-order valence-electron chi connectivity index (χ3n) is 4.61. The molecule has 0 spiro atoms. The number of hydrogen-bond acceptors (Lipinski definition) is 7. The molecule has 4 heterocycles. The normalized spacial score (nSPS) is 11.5. The van der Waals surface area contributed by atoms with Gasteiger partial charge in [-0.1, -0.05) is 61.7 Å². The molecular formula is C21H24N2OS4. The van der Waals surface area contributed by atoms with Gasteiger partial charge in [0.25, 0.3) is 0 Å². The Hall–Kier alpha value is -1.28. The van der Waals surface area contributed by atoms with Crippen molar-refractivity contribution in [3.8, 4) is 25.5 Å². The first-order chi connectivity index (χ1) is 13.8. The largest absolute Gasteiger partial charge is 0.492 e. The number of ether oxygens (including phenoxy) is 1. The maximum Gasteiger partial charge on any atom is 0.155 e. The first-order valence-electron chi connectivity index (χ1n) is 9.78. The van der Waals surface area contributed by atoms with Gasteiger partial charge in [-0.3, -0.25) is 0 Å². The molecule has 0 aliphatic heterocycles. The lowest BCUT2D eigenvalue weighted by molar-refractivity contribution is 0.306. The second-order valence-electron chi connectivity index (χ2n) is 6.81. The topological polar surface area (TPSA) is 35.0 Å².